The predicted molar refractivity (Wildman–Crippen MR) is 129 cm³/mol. The Morgan fingerprint density at radius 3 is 2.31 bits per heavy atom. The second kappa shape index (κ2) is 10.4. The minimum atomic E-state index is -0.460. The lowest BCUT2D eigenvalue weighted by Crippen LogP contribution is -2.03. The van der Waals surface area contributed by atoms with Gasteiger partial charge >= 0.3 is 0 Å². The molecule has 0 saturated carbocycles. The molecule has 0 fully saturated rings. The normalized spacial score (nSPS) is 10.7. The van der Waals surface area contributed by atoms with Gasteiger partial charge in [-0.15, -0.1) is 10.2 Å². The molecule has 0 spiro atoms. The van der Waals surface area contributed by atoms with E-state index in [0.717, 1.165) is 5.56 Å². The van der Waals surface area contributed by atoms with Crippen LogP contribution in [0.15, 0.2) is 65.8 Å². The van der Waals surface area contributed by atoms with Gasteiger partial charge in [0, 0.05) is 23.4 Å². The van der Waals surface area contributed by atoms with Crippen LogP contribution in [0.5, 0.6) is 17.2 Å². The van der Waals surface area contributed by atoms with Gasteiger partial charge in [-0.25, -0.2) is 4.39 Å². The van der Waals surface area contributed by atoms with Crippen LogP contribution < -0.4 is 14.2 Å². The highest BCUT2D eigenvalue weighted by atomic mass is 32.2. The second-order valence-corrected chi connectivity index (χ2v) is 8.17. The Morgan fingerprint density at radius 1 is 0.971 bits per heavy atom. The number of aromatic nitrogens is 3. The molecule has 35 heavy (non-hydrogen) atoms. The number of nitro groups is 1. The fourth-order valence-corrected chi connectivity index (χ4v) is 4.41. The first-order valence-corrected chi connectivity index (χ1v) is 11.3. The summed E-state index contributed by atoms with van der Waals surface area (Å²) < 4.78 is 32.8. The van der Waals surface area contributed by atoms with Gasteiger partial charge in [0.25, 0.3) is 5.69 Å². The molecule has 4 aromatic rings. The number of methoxy groups -OCH3 is 3. The Morgan fingerprint density at radius 2 is 1.69 bits per heavy atom. The summed E-state index contributed by atoms with van der Waals surface area (Å²) in [6.45, 7) is 0. The second-order valence-electron chi connectivity index (χ2n) is 7.22. The average Bonchev–Trinajstić information content (AvgIpc) is 3.30. The van der Waals surface area contributed by atoms with Crippen LogP contribution >= 0.6 is 11.8 Å². The molecule has 0 saturated heterocycles. The maximum absolute atomic E-state index is 14.9. The number of thioether (sulfide) groups is 1. The van der Waals surface area contributed by atoms with Gasteiger partial charge < -0.3 is 14.2 Å². The van der Waals surface area contributed by atoms with Crippen molar-refractivity contribution in [1.82, 2.24) is 14.8 Å². The number of nitro benzene ring substituents is 1. The minimum absolute atomic E-state index is 0.00298. The topological polar surface area (TPSA) is 102 Å². The molecule has 0 aliphatic heterocycles. The van der Waals surface area contributed by atoms with Crippen LogP contribution in [0.1, 0.15) is 5.56 Å². The number of nitrogens with zero attached hydrogens (tertiary/aromatic N) is 4. The number of benzene rings is 3. The molecule has 1 aromatic heterocycles. The summed E-state index contributed by atoms with van der Waals surface area (Å²) in [5, 5.41) is 20.2. The maximum Gasteiger partial charge on any atom is 0.269 e. The monoisotopic (exact) mass is 496 g/mol. The van der Waals surface area contributed by atoms with Crippen molar-refractivity contribution in [3.8, 4) is 34.3 Å². The minimum Gasteiger partial charge on any atom is -0.493 e. The molecule has 0 aliphatic rings. The first-order chi connectivity index (χ1) is 17.0. The highest BCUT2D eigenvalue weighted by Crippen LogP contribution is 2.42. The molecule has 0 unspecified atom stereocenters. The summed E-state index contributed by atoms with van der Waals surface area (Å²) in [5.41, 5.74) is 1.54. The van der Waals surface area contributed by atoms with E-state index in [0.29, 0.717) is 39.5 Å². The fraction of sp³-hybridized carbons (Fsp3) is 0.167. The molecule has 0 aliphatic carbocycles. The Bertz CT molecular complexity index is 1350. The van der Waals surface area contributed by atoms with Crippen LogP contribution in [0.25, 0.3) is 17.1 Å². The van der Waals surface area contributed by atoms with Crippen LogP contribution in [-0.2, 0) is 5.75 Å². The lowest BCUT2D eigenvalue weighted by atomic mass is 10.1. The van der Waals surface area contributed by atoms with Crippen molar-refractivity contribution in [2.75, 3.05) is 21.3 Å². The molecule has 0 N–H and O–H groups in total. The Balaban J connectivity index is 1.81. The first-order valence-electron chi connectivity index (χ1n) is 10.3. The lowest BCUT2D eigenvalue weighted by molar-refractivity contribution is -0.384. The average molecular weight is 497 g/mol. The molecular formula is C24H21FN4O5S. The summed E-state index contributed by atoms with van der Waals surface area (Å²) in [6.07, 6.45) is 0. The molecule has 11 heteroatoms. The van der Waals surface area contributed by atoms with E-state index in [2.05, 4.69) is 10.2 Å². The van der Waals surface area contributed by atoms with Crippen LogP contribution in [0.4, 0.5) is 10.1 Å². The van der Waals surface area contributed by atoms with E-state index in [-0.39, 0.29) is 11.4 Å². The van der Waals surface area contributed by atoms with Crippen LogP contribution in [0.2, 0.25) is 0 Å². The summed E-state index contributed by atoms with van der Waals surface area (Å²) in [6, 6.07) is 16.0. The molecule has 4 rings (SSSR count). The van der Waals surface area contributed by atoms with Crippen molar-refractivity contribution < 1.29 is 23.5 Å². The Kier molecular flexibility index (Phi) is 7.16. The zero-order valence-corrected chi connectivity index (χ0v) is 19.9. The SMILES string of the molecule is COc1cc(-c2nnc(SCc3cccc([N+](=O)[O-])c3)n2-c2ccccc2F)cc(OC)c1OC. The van der Waals surface area contributed by atoms with Gasteiger partial charge in [0.1, 0.15) is 5.82 Å². The number of rotatable bonds is 9. The van der Waals surface area contributed by atoms with E-state index < -0.39 is 10.7 Å². The molecule has 0 atom stereocenters. The van der Waals surface area contributed by atoms with Crippen molar-refractivity contribution in [1.29, 1.82) is 0 Å². The highest BCUT2D eigenvalue weighted by molar-refractivity contribution is 7.98. The summed E-state index contributed by atoms with van der Waals surface area (Å²) in [7, 11) is 4.51. The molecule has 0 radical (unpaired) electrons. The van der Waals surface area contributed by atoms with Crippen LogP contribution in [-0.4, -0.2) is 41.0 Å². The number of halogens is 1. The smallest absolute Gasteiger partial charge is 0.269 e. The first kappa shape index (κ1) is 24.0. The largest absolute Gasteiger partial charge is 0.493 e. The molecule has 1 heterocycles. The van der Waals surface area contributed by atoms with Crippen molar-refractivity contribution in [2.45, 2.75) is 10.9 Å². The number of non-ortho nitro benzene ring substituents is 1. The van der Waals surface area contributed by atoms with Crippen LogP contribution in [0.3, 0.4) is 0 Å². The Labute approximate surface area is 204 Å². The van der Waals surface area contributed by atoms with Crippen molar-refractivity contribution in [2.24, 2.45) is 0 Å². The van der Waals surface area contributed by atoms with Crippen molar-refractivity contribution in [3.63, 3.8) is 0 Å². The number of hydrogen-bond donors (Lipinski definition) is 0. The van der Waals surface area contributed by atoms with E-state index in [1.165, 1.54) is 51.3 Å². The fourth-order valence-electron chi connectivity index (χ4n) is 3.52. The molecule has 0 bridgehead atoms. The third-order valence-electron chi connectivity index (χ3n) is 5.14. The van der Waals surface area contributed by atoms with Gasteiger partial charge in [0.2, 0.25) is 5.75 Å². The quantitative estimate of drug-likeness (QED) is 0.175. The van der Waals surface area contributed by atoms with Gasteiger partial charge in [-0.1, -0.05) is 36.0 Å². The van der Waals surface area contributed by atoms with Crippen molar-refractivity contribution >= 4 is 17.4 Å². The molecule has 180 valence electrons. The van der Waals surface area contributed by atoms with Gasteiger partial charge in [0.15, 0.2) is 22.5 Å². The number of hydrogen-bond acceptors (Lipinski definition) is 8. The van der Waals surface area contributed by atoms with Crippen molar-refractivity contribution in [3.05, 3.63) is 82.2 Å². The summed E-state index contributed by atoms with van der Waals surface area (Å²) >= 11 is 1.28. The summed E-state index contributed by atoms with van der Waals surface area (Å²) in [4.78, 5) is 10.7. The standard InChI is InChI=1S/C24H21FN4O5S/c1-32-20-12-16(13-21(33-2)22(20)34-3)23-26-27-24(28(23)19-10-5-4-9-18(19)25)35-14-15-7-6-8-17(11-15)29(30)31/h4-13H,14H2,1-3H3. The Hall–Kier alpha value is -4.12. The zero-order chi connectivity index (χ0) is 24.9. The molecule has 9 nitrogen and oxygen atoms in total. The lowest BCUT2D eigenvalue weighted by Gasteiger charge is -2.15. The molecule has 0 amide bonds. The zero-order valence-electron chi connectivity index (χ0n) is 19.1. The number of para-hydroxylation sites is 1. The molecule has 3 aromatic carbocycles. The third-order valence-corrected chi connectivity index (χ3v) is 6.14. The van der Waals surface area contributed by atoms with Gasteiger partial charge in [0.05, 0.1) is 31.9 Å². The van der Waals surface area contributed by atoms with Gasteiger partial charge in [-0.05, 0) is 29.8 Å². The highest BCUT2D eigenvalue weighted by Gasteiger charge is 2.22. The number of ether oxygens (including phenoxy) is 3. The van der Waals surface area contributed by atoms with Gasteiger partial charge in [-0.2, -0.15) is 0 Å². The van der Waals surface area contributed by atoms with E-state index in [1.54, 1.807) is 47.0 Å². The van der Waals surface area contributed by atoms with Crippen LogP contribution in [0, 0.1) is 15.9 Å². The summed E-state index contributed by atoms with van der Waals surface area (Å²) in [5.74, 6) is 1.50. The van der Waals surface area contributed by atoms with E-state index in [9.17, 15) is 14.5 Å². The maximum atomic E-state index is 14.9. The van der Waals surface area contributed by atoms with Gasteiger partial charge in [-0.3, -0.25) is 14.7 Å². The van der Waals surface area contributed by atoms with E-state index in [4.69, 9.17) is 14.2 Å². The molecular weight excluding hydrogens is 475 g/mol. The van der Waals surface area contributed by atoms with E-state index in [1.807, 2.05) is 0 Å². The third kappa shape index (κ3) is 4.90. The predicted octanol–water partition coefficient (Wildman–Crippen LogP) is 5.30. The van der Waals surface area contributed by atoms with E-state index >= 15 is 0 Å².